The van der Waals surface area contributed by atoms with Crippen molar-refractivity contribution < 1.29 is 18.7 Å². The Labute approximate surface area is 145 Å². The number of para-hydroxylation sites is 1. The van der Waals surface area contributed by atoms with Crippen molar-refractivity contribution in [2.75, 3.05) is 19.8 Å². The molecule has 0 aromatic heterocycles. The number of carbonyl (C=O) groups is 1. The van der Waals surface area contributed by atoms with E-state index in [9.17, 15) is 9.18 Å². The van der Waals surface area contributed by atoms with Gasteiger partial charge >= 0.3 is 0 Å². The highest BCUT2D eigenvalue weighted by Gasteiger charge is 2.06. The van der Waals surface area contributed by atoms with E-state index >= 15 is 0 Å². The van der Waals surface area contributed by atoms with Gasteiger partial charge in [-0.3, -0.25) is 4.79 Å². The fraction of sp³-hybridized carbons (Fsp3) is 0.278. The van der Waals surface area contributed by atoms with Gasteiger partial charge < -0.3 is 14.8 Å². The molecule has 0 saturated heterocycles. The van der Waals surface area contributed by atoms with Crippen LogP contribution in [0.15, 0.2) is 42.5 Å². The fourth-order valence-corrected chi connectivity index (χ4v) is 2.13. The Kier molecular flexibility index (Phi) is 6.88. The molecule has 0 atom stereocenters. The molecule has 1 amide bonds. The predicted octanol–water partition coefficient (Wildman–Crippen LogP) is 3.75. The maximum atomic E-state index is 13.3. The number of ether oxygens (including phenoxy) is 2. The summed E-state index contributed by atoms with van der Waals surface area (Å²) in [5.74, 6) is 0.0411. The van der Waals surface area contributed by atoms with Crippen molar-refractivity contribution in [2.45, 2.75) is 13.3 Å². The molecule has 128 valence electrons. The maximum Gasteiger partial charge on any atom is 0.257 e. The summed E-state index contributed by atoms with van der Waals surface area (Å²) in [5.41, 5.74) is 1.00. The zero-order valence-electron chi connectivity index (χ0n) is 13.4. The normalized spacial score (nSPS) is 10.3. The highest BCUT2D eigenvalue weighted by atomic mass is 35.5. The molecule has 0 unspecified atom stereocenters. The molecular formula is C18H19ClFNO3. The first-order valence-electron chi connectivity index (χ1n) is 7.59. The van der Waals surface area contributed by atoms with Crippen LogP contribution < -0.4 is 14.8 Å². The third-order valence-corrected chi connectivity index (χ3v) is 3.50. The van der Waals surface area contributed by atoms with Gasteiger partial charge in [0.1, 0.15) is 5.75 Å². The van der Waals surface area contributed by atoms with E-state index in [1.54, 1.807) is 30.3 Å². The Morgan fingerprint density at radius 3 is 2.75 bits per heavy atom. The van der Waals surface area contributed by atoms with Crippen LogP contribution in [0.2, 0.25) is 5.02 Å². The van der Waals surface area contributed by atoms with Crippen LogP contribution in [0, 0.1) is 12.7 Å². The van der Waals surface area contributed by atoms with E-state index in [0.29, 0.717) is 30.3 Å². The maximum absolute atomic E-state index is 13.3. The third-order valence-electron chi connectivity index (χ3n) is 3.18. The molecule has 1 N–H and O–H groups in total. The largest absolute Gasteiger partial charge is 0.490 e. The van der Waals surface area contributed by atoms with Crippen LogP contribution in [-0.4, -0.2) is 25.7 Å². The quantitative estimate of drug-likeness (QED) is 0.737. The standard InChI is InChI=1S/C18H19ClFNO3/c1-13-7-8-14(19)17(11-13)24-12-18(22)21-9-4-10-23-16-6-3-2-5-15(16)20/h2-3,5-8,11H,4,9-10,12H2,1H3,(H,21,22). The number of halogens is 2. The summed E-state index contributed by atoms with van der Waals surface area (Å²) in [6.45, 7) is 2.53. The van der Waals surface area contributed by atoms with Gasteiger partial charge in [-0.1, -0.05) is 29.8 Å². The van der Waals surface area contributed by atoms with Crippen molar-refractivity contribution in [3.05, 3.63) is 58.9 Å². The van der Waals surface area contributed by atoms with Crippen molar-refractivity contribution in [1.82, 2.24) is 5.32 Å². The molecule has 2 aromatic rings. The molecular weight excluding hydrogens is 333 g/mol. The van der Waals surface area contributed by atoms with Crippen molar-refractivity contribution in [3.63, 3.8) is 0 Å². The average Bonchev–Trinajstić information content (AvgIpc) is 2.57. The average molecular weight is 352 g/mol. The fourth-order valence-electron chi connectivity index (χ4n) is 1.96. The molecule has 2 aromatic carbocycles. The van der Waals surface area contributed by atoms with Crippen molar-refractivity contribution in [3.8, 4) is 11.5 Å². The SMILES string of the molecule is Cc1ccc(Cl)c(OCC(=O)NCCCOc2ccccc2F)c1. The van der Waals surface area contributed by atoms with Gasteiger partial charge in [0, 0.05) is 6.54 Å². The Morgan fingerprint density at radius 2 is 1.96 bits per heavy atom. The number of hydrogen-bond acceptors (Lipinski definition) is 3. The van der Waals surface area contributed by atoms with Crippen LogP contribution in [0.25, 0.3) is 0 Å². The Morgan fingerprint density at radius 1 is 1.17 bits per heavy atom. The summed E-state index contributed by atoms with van der Waals surface area (Å²) in [6, 6.07) is 11.6. The van der Waals surface area contributed by atoms with Crippen molar-refractivity contribution in [1.29, 1.82) is 0 Å². The van der Waals surface area contributed by atoms with E-state index in [1.807, 2.05) is 13.0 Å². The summed E-state index contributed by atoms with van der Waals surface area (Å²) >= 11 is 5.99. The Hall–Kier alpha value is -2.27. The second kappa shape index (κ2) is 9.13. The van der Waals surface area contributed by atoms with Gasteiger partial charge in [0.05, 0.1) is 11.6 Å². The lowest BCUT2D eigenvalue weighted by Gasteiger charge is -2.10. The molecule has 0 bridgehead atoms. The van der Waals surface area contributed by atoms with Gasteiger partial charge in [-0.25, -0.2) is 4.39 Å². The van der Waals surface area contributed by atoms with Gasteiger partial charge in [-0.15, -0.1) is 0 Å². The lowest BCUT2D eigenvalue weighted by Crippen LogP contribution is -2.30. The van der Waals surface area contributed by atoms with E-state index in [4.69, 9.17) is 21.1 Å². The second-order valence-corrected chi connectivity index (χ2v) is 5.61. The van der Waals surface area contributed by atoms with Crippen molar-refractivity contribution in [2.24, 2.45) is 0 Å². The van der Waals surface area contributed by atoms with E-state index < -0.39 is 5.82 Å². The Balaban J connectivity index is 1.63. The molecule has 6 heteroatoms. The van der Waals surface area contributed by atoms with Crippen LogP contribution in [0.4, 0.5) is 4.39 Å². The first-order valence-corrected chi connectivity index (χ1v) is 7.97. The van der Waals surface area contributed by atoms with E-state index in [0.717, 1.165) is 5.56 Å². The Bertz CT molecular complexity index is 694. The first-order chi connectivity index (χ1) is 11.6. The van der Waals surface area contributed by atoms with E-state index in [1.165, 1.54) is 6.07 Å². The monoisotopic (exact) mass is 351 g/mol. The lowest BCUT2D eigenvalue weighted by atomic mass is 10.2. The summed E-state index contributed by atoms with van der Waals surface area (Å²) < 4.78 is 24.0. The summed E-state index contributed by atoms with van der Waals surface area (Å²) in [4.78, 5) is 11.7. The molecule has 0 spiro atoms. The highest BCUT2D eigenvalue weighted by Crippen LogP contribution is 2.25. The minimum atomic E-state index is -0.398. The van der Waals surface area contributed by atoms with Gasteiger partial charge in [0.2, 0.25) is 0 Å². The molecule has 0 aliphatic heterocycles. The minimum absolute atomic E-state index is 0.114. The molecule has 24 heavy (non-hydrogen) atoms. The van der Waals surface area contributed by atoms with Crippen LogP contribution in [0.1, 0.15) is 12.0 Å². The second-order valence-electron chi connectivity index (χ2n) is 5.20. The zero-order chi connectivity index (χ0) is 17.4. The summed E-state index contributed by atoms with van der Waals surface area (Å²) in [7, 11) is 0. The van der Waals surface area contributed by atoms with E-state index in [2.05, 4.69) is 5.32 Å². The lowest BCUT2D eigenvalue weighted by molar-refractivity contribution is -0.123. The summed E-state index contributed by atoms with van der Waals surface area (Å²) in [5, 5.41) is 3.17. The van der Waals surface area contributed by atoms with Crippen LogP contribution in [-0.2, 0) is 4.79 Å². The number of amides is 1. The van der Waals surface area contributed by atoms with Gasteiger partial charge in [0.25, 0.3) is 5.91 Å². The van der Waals surface area contributed by atoms with Gasteiger partial charge in [-0.05, 0) is 43.2 Å². The molecule has 0 aliphatic rings. The number of rotatable bonds is 8. The topological polar surface area (TPSA) is 47.6 Å². The molecule has 0 heterocycles. The zero-order valence-corrected chi connectivity index (χ0v) is 14.1. The molecule has 0 fully saturated rings. The predicted molar refractivity (Wildman–Crippen MR) is 91.2 cm³/mol. The first kappa shape index (κ1) is 18.1. The number of nitrogens with one attached hydrogen (secondary N) is 1. The summed E-state index contributed by atoms with van der Waals surface area (Å²) in [6.07, 6.45) is 0.561. The smallest absolute Gasteiger partial charge is 0.257 e. The molecule has 0 aliphatic carbocycles. The molecule has 4 nitrogen and oxygen atoms in total. The molecule has 2 rings (SSSR count). The van der Waals surface area contributed by atoms with Crippen LogP contribution in [0.5, 0.6) is 11.5 Å². The number of benzene rings is 2. The van der Waals surface area contributed by atoms with Crippen LogP contribution in [0.3, 0.4) is 0 Å². The number of carbonyl (C=O) groups excluding carboxylic acids is 1. The molecule has 0 radical (unpaired) electrons. The number of hydrogen-bond donors (Lipinski definition) is 1. The third kappa shape index (κ3) is 5.74. The number of aryl methyl sites for hydroxylation is 1. The van der Waals surface area contributed by atoms with Gasteiger partial charge in [-0.2, -0.15) is 0 Å². The van der Waals surface area contributed by atoms with Crippen LogP contribution >= 0.6 is 11.6 Å². The minimum Gasteiger partial charge on any atom is -0.490 e. The molecule has 0 saturated carbocycles. The van der Waals surface area contributed by atoms with E-state index in [-0.39, 0.29) is 18.3 Å². The van der Waals surface area contributed by atoms with Gasteiger partial charge in [0.15, 0.2) is 18.2 Å². The highest BCUT2D eigenvalue weighted by molar-refractivity contribution is 6.32. The van der Waals surface area contributed by atoms with Crippen molar-refractivity contribution >= 4 is 17.5 Å².